The molecule has 0 spiro atoms. The summed E-state index contributed by atoms with van der Waals surface area (Å²) in [5, 5.41) is 29.4. The Morgan fingerprint density at radius 1 is 1.21 bits per heavy atom. The molecule has 6 nitrogen and oxygen atoms in total. The van der Waals surface area contributed by atoms with Crippen molar-refractivity contribution in [2.45, 2.75) is 12.0 Å². The van der Waals surface area contributed by atoms with Gasteiger partial charge in [-0.2, -0.15) is 0 Å². The van der Waals surface area contributed by atoms with Crippen LogP contribution in [0.1, 0.15) is 17.5 Å². The Morgan fingerprint density at radius 2 is 1.92 bits per heavy atom. The first kappa shape index (κ1) is 16.0. The largest absolute Gasteiger partial charge is 0.508 e. The number of hydroxylamine groups is 1. The van der Waals surface area contributed by atoms with Crippen molar-refractivity contribution in [1.82, 2.24) is 5.48 Å². The third kappa shape index (κ3) is 2.70. The zero-order valence-corrected chi connectivity index (χ0v) is 12.4. The van der Waals surface area contributed by atoms with E-state index in [0.29, 0.717) is 5.56 Å². The molecule has 124 valence electrons. The zero-order chi connectivity index (χ0) is 17.3. The van der Waals surface area contributed by atoms with Crippen molar-refractivity contribution in [3.05, 3.63) is 65.7 Å². The van der Waals surface area contributed by atoms with E-state index in [9.17, 15) is 19.4 Å². The second-order valence-electron chi connectivity index (χ2n) is 5.41. The normalized spacial score (nSPS) is 19.0. The maximum absolute atomic E-state index is 13.4. The van der Waals surface area contributed by atoms with Gasteiger partial charge in [0.1, 0.15) is 22.9 Å². The fourth-order valence-electron chi connectivity index (χ4n) is 2.71. The number of fused-ring (bicyclic) bond motifs is 1. The van der Waals surface area contributed by atoms with Crippen molar-refractivity contribution in [1.29, 1.82) is 0 Å². The quantitative estimate of drug-likeness (QED) is 0.510. The highest BCUT2D eigenvalue weighted by atomic mass is 19.1. The van der Waals surface area contributed by atoms with Crippen LogP contribution in [0.15, 0.2) is 48.7 Å². The average Bonchev–Trinajstić information content (AvgIpc) is 2.56. The zero-order valence-electron chi connectivity index (χ0n) is 12.4. The summed E-state index contributed by atoms with van der Waals surface area (Å²) < 4.78 is 18.8. The van der Waals surface area contributed by atoms with E-state index in [1.165, 1.54) is 29.9 Å². The molecule has 0 bridgehead atoms. The standard InChI is InChI=1S/C17H14FNO5/c18-11-3-6-13-15(7-11)24-9-14(10-1-4-12(20)5-2-10)17(13,22)8-16(21)19-23/h1-7,9,20,22-23H,8H2,(H,19,21). The van der Waals surface area contributed by atoms with E-state index in [1.54, 1.807) is 12.1 Å². The number of carbonyl (C=O) groups is 1. The molecular weight excluding hydrogens is 317 g/mol. The summed E-state index contributed by atoms with van der Waals surface area (Å²) in [4.78, 5) is 11.7. The van der Waals surface area contributed by atoms with Gasteiger partial charge in [0.15, 0.2) is 0 Å². The molecule has 1 unspecified atom stereocenters. The van der Waals surface area contributed by atoms with Gasteiger partial charge in [-0.25, -0.2) is 9.87 Å². The predicted octanol–water partition coefficient (Wildman–Crippen LogP) is 2.05. The van der Waals surface area contributed by atoms with Gasteiger partial charge in [-0.15, -0.1) is 0 Å². The fourth-order valence-corrected chi connectivity index (χ4v) is 2.71. The minimum absolute atomic E-state index is 0.0372. The summed E-state index contributed by atoms with van der Waals surface area (Å²) in [7, 11) is 0. The molecule has 1 atom stereocenters. The number of aromatic hydroxyl groups is 1. The lowest BCUT2D eigenvalue weighted by molar-refractivity contribution is -0.132. The van der Waals surface area contributed by atoms with Crippen LogP contribution >= 0.6 is 0 Å². The Labute approximate surface area is 136 Å². The van der Waals surface area contributed by atoms with Gasteiger partial charge < -0.3 is 14.9 Å². The Bertz CT molecular complexity index is 818. The van der Waals surface area contributed by atoms with Crippen LogP contribution in [0.25, 0.3) is 5.57 Å². The number of carbonyl (C=O) groups excluding carboxylic acids is 1. The SMILES string of the molecule is O=C(CC1(O)C(c2ccc(O)cc2)=COc2cc(F)ccc21)NO. The minimum atomic E-state index is -1.84. The maximum Gasteiger partial charge on any atom is 0.246 e. The summed E-state index contributed by atoms with van der Waals surface area (Å²) in [5.74, 6) is -1.26. The number of ether oxygens (including phenoxy) is 1. The number of halogens is 1. The molecule has 1 aliphatic heterocycles. The monoisotopic (exact) mass is 331 g/mol. The smallest absolute Gasteiger partial charge is 0.246 e. The summed E-state index contributed by atoms with van der Waals surface area (Å²) in [6.45, 7) is 0. The maximum atomic E-state index is 13.4. The van der Waals surface area contributed by atoms with E-state index < -0.39 is 23.7 Å². The minimum Gasteiger partial charge on any atom is -0.508 e. The van der Waals surface area contributed by atoms with E-state index in [-0.39, 0.29) is 22.6 Å². The molecule has 7 heteroatoms. The van der Waals surface area contributed by atoms with Crippen LogP contribution in [0.5, 0.6) is 11.5 Å². The predicted molar refractivity (Wildman–Crippen MR) is 81.6 cm³/mol. The van der Waals surface area contributed by atoms with Crippen molar-refractivity contribution in [2.24, 2.45) is 0 Å². The van der Waals surface area contributed by atoms with Crippen LogP contribution in [0, 0.1) is 5.82 Å². The molecule has 0 radical (unpaired) electrons. The van der Waals surface area contributed by atoms with E-state index >= 15 is 0 Å². The number of amides is 1. The molecule has 1 amide bonds. The number of benzene rings is 2. The Morgan fingerprint density at radius 3 is 2.58 bits per heavy atom. The highest BCUT2D eigenvalue weighted by Crippen LogP contribution is 2.46. The Kier molecular flexibility index (Phi) is 3.96. The van der Waals surface area contributed by atoms with E-state index in [0.717, 1.165) is 12.1 Å². The van der Waals surface area contributed by atoms with Crippen LogP contribution in [0.2, 0.25) is 0 Å². The molecule has 1 heterocycles. The highest BCUT2D eigenvalue weighted by Gasteiger charge is 2.42. The van der Waals surface area contributed by atoms with E-state index in [4.69, 9.17) is 9.94 Å². The molecule has 2 aromatic carbocycles. The molecule has 0 aliphatic carbocycles. The molecule has 4 N–H and O–H groups in total. The number of hydrogen-bond donors (Lipinski definition) is 4. The number of aliphatic hydroxyl groups is 1. The summed E-state index contributed by atoms with van der Waals surface area (Å²) in [6.07, 6.45) is 0.719. The van der Waals surface area contributed by atoms with Crippen molar-refractivity contribution >= 4 is 11.5 Å². The number of phenols is 1. The molecule has 24 heavy (non-hydrogen) atoms. The van der Waals surface area contributed by atoms with Gasteiger partial charge in [0.05, 0.1) is 12.7 Å². The van der Waals surface area contributed by atoms with Crippen LogP contribution in [-0.4, -0.2) is 21.3 Å². The fraction of sp³-hybridized carbons (Fsp3) is 0.118. The molecule has 2 aromatic rings. The van der Waals surface area contributed by atoms with Gasteiger partial charge >= 0.3 is 0 Å². The number of rotatable bonds is 3. The van der Waals surface area contributed by atoms with Crippen LogP contribution in [0.4, 0.5) is 4.39 Å². The van der Waals surface area contributed by atoms with Crippen LogP contribution in [0.3, 0.4) is 0 Å². The lowest BCUT2D eigenvalue weighted by atomic mass is 9.78. The topological polar surface area (TPSA) is 99.0 Å². The van der Waals surface area contributed by atoms with Gasteiger partial charge in [-0.1, -0.05) is 12.1 Å². The third-order valence-corrected chi connectivity index (χ3v) is 3.86. The summed E-state index contributed by atoms with van der Waals surface area (Å²) in [6, 6.07) is 9.49. The first-order chi connectivity index (χ1) is 11.4. The summed E-state index contributed by atoms with van der Waals surface area (Å²) in [5.41, 5.74) is 0.567. The van der Waals surface area contributed by atoms with Gasteiger partial charge in [-0.05, 0) is 29.8 Å². The third-order valence-electron chi connectivity index (χ3n) is 3.86. The molecular formula is C17H14FNO5. The van der Waals surface area contributed by atoms with Gasteiger partial charge in [0.25, 0.3) is 0 Å². The van der Waals surface area contributed by atoms with Crippen molar-refractivity contribution in [3.8, 4) is 11.5 Å². The Balaban J connectivity index is 2.14. The number of phenolic OH excluding ortho intramolecular Hbond substituents is 1. The van der Waals surface area contributed by atoms with E-state index in [2.05, 4.69) is 0 Å². The number of hydrogen-bond acceptors (Lipinski definition) is 5. The van der Waals surface area contributed by atoms with Crippen molar-refractivity contribution < 1.29 is 29.3 Å². The molecule has 1 aliphatic rings. The van der Waals surface area contributed by atoms with Gasteiger partial charge in [-0.3, -0.25) is 10.0 Å². The molecule has 0 saturated carbocycles. The van der Waals surface area contributed by atoms with Gasteiger partial charge in [0, 0.05) is 17.2 Å². The van der Waals surface area contributed by atoms with Gasteiger partial charge in [0.2, 0.25) is 5.91 Å². The second-order valence-corrected chi connectivity index (χ2v) is 5.41. The molecule has 0 saturated heterocycles. The molecule has 0 aromatic heterocycles. The highest BCUT2D eigenvalue weighted by molar-refractivity contribution is 5.84. The van der Waals surface area contributed by atoms with E-state index in [1.807, 2.05) is 0 Å². The van der Waals surface area contributed by atoms with Crippen LogP contribution < -0.4 is 10.2 Å². The molecule has 3 rings (SSSR count). The first-order valence-corrected chi connectivity index (χ1v) is 7.06. The average molecular weight is 331 g/mol. The second kappa shape index (κ2) is 5.95. The summed E-state index contributed by atoms with van der Waals surface area (Å²) >= 11 is 0. The lowest BCUT2D eigenvalue weighted by Gasteiger charge is -2.35. The number of nitrogens with one attached hydrogen (secondary N) is 1. The first-order valence-electron chi connectivity index (χ1n) is 7.06. The Hall–Kier alpha value is -2.90. The van der Waals surface area contributed by atoms with Crippen molar-refractivity contribution in [2.75, 3.05) is 0 Å². The van der Waals surface area contributed by atoms with Crippen molar-refractivity contribution in [3.63, 3.8) is 0 Å². The lowest BCUT2D eigenvalue weighted by Crippen LogP contribution is -2.37. The molecule has 0 fully saturated rings. The van der Waals surface area contributed by atoms with Crippen LogP contribution in [-0.2, 0) is 10.4 Å².